The number of anilines is 1. The number of thioether (sulfide) groups is 1. The normalized spacial score (nSPS) is 18.1. The Morgan fingerprint density at radius 2 is 1.33 bits per heavy atom. The van der Waals surface area contributed by atoms with Crippen LogP contribution in [0.15, 0.2) is 173 Å². The van der Waals surface area contributed by atoms with E-state index in [9.17, 15) is 0 Å². The molecule has 334 valence electrons. The first kappa shape index (κ1) is 43.5. The van der Waals surface area contributed by atoms with Gasteiger partial charge in [-0.3, -0.25) is 0 Å². The monoisotopic (exact) mass is 889 g/mol. The minimum atomic E-state index is -0.0289. The van der Waals surface area contributed by atoms with Gasteiger partial charge in [-0.05, 0) is 171 Å². The maximum absolute atomic E-state index is 5.13. The van der Waals surface area contributed by atoms with Crippen molar-refractivity contribution in [3.63, 3.8) is 0 Å². The summed E-state index contributed by atoms with van der Waals surface area (Å²) < 4.78 is 0. The summed E-state index contributed by atoms with van der Waals surface area (Å²) in [6, 6.07) is 53.2. The Balaban J connectivity index is 1.21. The molecule has 1 aliphatic heterocycles. The number of benzene rings is 7. The van der Waals surface area contributed by atoms with Crippen LogP contribution in [0.4, 0.5) is 5.69 Å². The van der Waals surface area contributed by atoms with Crippen LogP contribution < -0.4 is 4.90 Å². The van der Waals surface area contributed by atoms with E-state index < -0.39 is 0 Å². The Morgan fingerprint density at radius 1 is 0.642 bits per heavy atom. The highest BCUT2D eigenvalue weighted by molar-refractivity contribution is 8.07. The molecule has 0 saturated carbocycles. The Kier molecular flexibility index (Phi) is 10.8. The topological polar surface area (TPSA) is 3.24 Å². The summed E-state index contributed by atoms with van der Waals surface area (Å²) in [5, 5.41) is 2.55. The molecular formula is C65H63NS. The van der Waals surface area contributed by atoms with Gasteiger partial charge in [-0.1, -0.05) is 175 Å². The average Bonchev–Trinajstić information content (AvgIpc) is 3.69. The minimum Gasteiger partial charge on any atom is -0.308 e. The summed E-state index contributed by atoms with van der Waals surface area (Å²) in [7, 11) is 0. The van der Waals surface area contributed by atoms with Crippen molar-refractivity contribution in [1.29, 1.82) is 0 Å². The molecule has 11 rings (SSSR count). The molecule has 1 unspecified atom stereocenters. The Hall–Kier alpha value is -6.09. The predicted molar refractivity (Wildman–Crippen MR) is 290 cm³/mol. The van der Waals surface area contributed by atoms with Gasteiger partial charge in [-0.2, -0.15) is 0 Å². The molecule has 7 aromatic carbocycles. The third-order valence-corrected chi connectivity index (χ3v) is 17.0. The molecule has 7 aromatic rings. The SMILES string of the molecule is C=C1C(c2cccc(-c3cc4ccccc4cc3C)c2C)=C2SC3=C(c4cc5c(cc4C3)C(C)(C)CCC5(C)C)N(c3ccc(CCCC)cc3-c3ccccc3)C2=CC1c1ccccc1C. The number of hydrogen-bond acceptors (Lipinski definition) is 2. The number of fused-ring (bicyclic) bond motifs is 5. The van der Waals surface area contributed by atoms with Crippen LogP contribution in [0.2, 0.25) is 0 Å². The molecule has 1 atom stereocenters. The molecule has 1 heterocycles. The lowest BCUT2D eigenvalue weighted by Gasteiger charge is -2.43. The largest absolute Gasteiger partial charge is 0.308 e. The molecule has 0 amide bonds. The van der Waals surface area contributed by atoms with E-state index in [1.54, 1.807) is 0 Å². The zero-order valence-corrected chi connectivity index (χ0v) is 41.6. The Morgan fingerprint density at radius 3 is 2.07 bits per heavy atom. The molecule has 67 heavy (non-hydrogen) atoms. The lowest BCUT2D eigenvalue weighted by Crippen LogP contribution is -2.34. The molecule has 0 radical (unpaired) electrons. The number of hydrogen-bond donors (Lipinski definition) is 0. The summed E-state index contributed by atoms with van der Waals surface area (Å²) in [5.41, 5.74) is 25.3. The molecule has 3 aliphatic carbocycles. The summed E-state index contributed by atoms with van der Waals surface area (Å²) >= 11 is 2.01. The highest BCUT2D eigenvalue weighted by atomic mass is 32.2. The predicted octanol–water partition coefficient (Wildman–Crippen LogP) is 17.9. The van der Waals surface area contributed by atoms with Gasteiger partial charge >= 0.3 is 0 Å². The second kappa shape index (κ2) is 16.6. The summed E-state index contributed by atoms with van der Waals surface area (Å²) in [5.74, 6) is -0.0289. The molecule has 0 N–H and O–H groups in total. The smallest absolute Gasteiger partial charge is 0.0639 e. The van der Waals surface area contributed by atoms with Crippen molar-refractivity contribution in [2.45, 2.75) is 111 Å². The lowest BCUT2D eigenvalue weighted by molar-refractivity contribution is 0.331. The fraction of sp³-hybridized carbons (Fsp3) is 0.262. The van der Waals surface area contributed by atoms with Crippen LogP contribution in [0.5, 0.6) is 0 Å². The molecule has 0 saturated heterocycles. The van der Waals surface area contributed by atoms with E-state index >= 15 is 0 Å². The number of unbranched alkanes of at least 4 members (excludes halogenated alkanes) is 1. The van der Waals surface area contributed by atoms with E-state index in [1.165, 1.54) is 147 Å². The summed E-state index contributed by atoms with van der Waals surface area (Å²) in [6.45, 7) is 24.2. The zero-order chi connectivity index (χ0) is 46.4. The fourth-order valence-corrected chi connectivity index (χ4v) is 13.2. The molecule has 0 aromatic heterocycles. The van der Waals surface area contributed by atoms with E-state index in [-0.39, 0.29) is 16.7 Å². The van der Waals surface area contributed by atoms with Gasteiger partial charge in [0.1, 0.15) is 0 Å². The number of aryl methyl sites for hydroxylation is 3. The van der Waals surface area contributed by atoms with Gasteiger partial charge in [-0.15, -0.1) is 0 Å². The molecule has 0 bridgehead atoms. The van der Waals surface area contributed by atoms with E-state index in [1.807, 2.05) is 11.8 Å². The number of allylic oxidation sites excluding steroid dienone is 4. The average molecular weight is 890 g/mol. The summed E-state index contributed by atoms with van der Waals surface area (Å²) in [6.07, 6.45) is 9.30. The molecule has 4 aliphatic rings. The quantitative estimate of drug-likeness (QED) is 0.150. The minimum absolute atomic E-state index is 0.0289. The van der Waals surface area contributed by atoms with Gasteiger partial charge in [0, 0.05) is 38.8 Å². The van der Waals surface area contributed by atoms with Crippen LogP contribution in [0.25, 0.3) is 44.3 Å². The second-order valence-corrected chi connectivity index (χ2v) is 22.2. The van der Waals surface area contributed by atoms with E-state index in [0.29, 0.717) is 0 Å². The summed E-state index contributed by atoms with van der Waals surface area (Å²) in [4.78, 5) is 5.45. The van der Waals surface area contributed by atoms with Crippen molar-refractivity contribution in [3.05, 3.63) is 229 Å². The van der Waals surface area contributed by atoms with Gasteiger partial charge in [0.2, 0.25) is 0 Å². The van der Waals surface area contributed by atoms with Crippen molar-refractivity contribution in [3.8, 4) is 22.3 Å². The lowest BCUT2D eigenvalue weighted by atomic mass is 9.62. The molecule has 2 heteroatoms. The zero-order valence-electron chi connectivity index (χ0n) is 40.7. The molecule has 0 fully saturated rings. The first-order valence-corrected chi connectivity index (χ1v) is 25.5. The Bertz CT molecular complexity index is 3280. The maximum Gasteiger partial charge on any atom is 0.0639 e. The van der Waals surface area contributed by atoms with Gasteiger partial charge in [-0.25, -0.2) is 0 Å². The third kappa shape index (κ3) is 7.30. The first-order chi connectivity index (χ1) is 32.3. The highest BCUT2D eigenvalue weighted by Gasteiger charge is 2.44. The Labute approximate surface area is 404 Å². The third-order valence-electron chi connectivity index (χ3n) is 15.8. The van der Waals surface area contributed by atoms with Crippen molar-refractivity contribution in [2.75, 3.05) is 4.90 Å². The maximum atomic E-state index is 5.13. The fourth-order valence-electron chi connectivity index (χ4n) is 11.8. The van der Waals surface area contributed by atoms with Crippen molar-refractivity contribution in [2.24, 2.45) is 0 Å². The van der Waals surface area contributed by atoms with Gasteiger partial charge in [0.05, 0.1) is 17.1 Å². The molecule has 0 spiro atoms. The highest BCUT2D eigenvalue weighted by Crippen LogP contribution is 2.61. The van der Waals surface area contributed by atoms with Crippen molar-refractivity contribution in [1.82, 2.24) is 0 Å². The van der Waals surface area contributed by atoms with Crippen LogP contribution in [0.3, 0.4) is 0 Å². The number of rotatable bonds is 8. The van der Waals surface area contributed by atoms with Crippen LogP contribution in [-0.4, -0.2) is 0 Å². The van der Waals surface area contributed by atoms with Crippen LogP contribution in [0.1, 0.15) is 122 Å². The van der Waals surface area contributed by atoms with E-state index in [0.717, 1.165) is 18.4 Å². The van der Waals surface area contributed by atoms with Crippen LogP contribution in [0, 0.1) is 20.8 Å². The molecular weight excluding hydrogens is 827 g/mol. The molecule has 1 nitrogen and oxygen atoms in total. The van der Waals surface area contributed by atoms with Gasteiger partial charge in [0.25, 0.3) is 0 Å². The number of nitrogens with zero attached hydrogens (tertiary/aromatic N) is 1. The van der Waals surface area contributed by atoms with Gasteiger partial charge < -0.3 is 4.90 Å². The standard InChI is InChI=1S/C65H63NS/c1-10-11-21-44-29-30-58(54(34-44)45-22-13-12-14-23-45)66-59-39-53(49-26-18-15-20-40(49)2)43(5)61(51-28-19-27-50(42(51)4)52-35-47-25-17-16-24-46(47)33-41(52)3)63(59)67-60-37-48-36-56-57(38-55(48)62(60)66)65(8,9)32-31-64(56,6)7/h12-20,22-30,33-36,38-39,53H,5,10-11,21,31-32,37H2,1-4,6-9H3. The first-order valence-electron chi connectivity index (χ1n) is 24.7. The van der Waals surface area contributed by atoms with Crippen LogP contribution in [-0.2, 0) is 23.7 Å². The van der Waals surface area contributed by atoms with Crippen molar-refractivity contribution < 1.29 is 0 Å². The van der Waals surface area contributed by atoms with Crippen molar-refractivity contribution >= 4 is 39.5 Å². The second-order valence-electron chi connectivity index (χ2n) is 21.1. The van der Waals surface area contributed by atoms with Gasteiger partial charge in [0.15, 0.2) is 0 Å². The van der Waals surface area contributed by atoms with E-state index in [2.05, 4.69) is 206 Å². The van der Waals surface area contributed by atoms with E-state index in [4.69, 9.17) is 6.58 Å². The van der Waals surface area contributed by atoms with Crippen LogP contribution >= 0.6 is 11.8 Å².